The molecule has 1 aromatic carbocycles. The van der Waals surface area contributed by atoms with Crippen LogP contribution in [0.4, 0.5) is 0 Å². The first-order valence-corrected chi connectivity index (χ1v) is 9.67. The van der Waals surface area contributed by atoms with Gasteiger partial charge in [0.25, 0.3) is 5.91 Å². The highest BCUT2D eigenvalue weighted by Crippen LogP contribution is 2.41. The summed E-state index contributed by atoms with van der Waals surface area (Å²) in [6.45, 7) is 7.01. The SMILES string of the molecule is CC(C)CN1CC2(CCN(C(=O)[C@H](O)c3cccc(Cl)c3)CC2)CC1=O. The number of nitrogens with zero attached hydrogens (tertiary/aromatic N) is 2. The van der Waals surface area contributed by atoms with E-state index in [-0.39, 0.29) is 17.2 Å². The minimum Gasteiger partial charge on any atom is -0.378 e. The number of amides is 2. The number of aliphatic hydroxyl groups excluding tert-OH is 1. The topological polar surface area (TPSA) is 60.9 Å². The first-order valence-electron chi connectivity index (χ1n) is 9.30. The quantitative estimate of drug-likeness (QED) is 0.876. The third kappa shape index (κ3) is 4.04. The highest BCUT2D eigenvalue weighted by molar-refractivity contribution is 6.30. The van der Waals surface area contributed by atoms with Gasteiger partial charge in [-0.2, -0.15) is 0 Å². The van der Waals surface area contributed by atoms with Gasteiger partial charge in [-0.1, -0.05) is 37.6 Å². The molecular formula is C20H27ClN2O3. The van der Waals surface area contributed by atoms with E-state index in [0.29, 0.717) is 36.0 Å². The Morgan fingerprint density at radius 1 is 1.31 bits per heavy atom. The fraction of sp³-hybridized carbons (Fsp3) is 0.600. The maximum Gasteiger partial charge on any atom is 0.256 e. The van der Waals surface area contributed by atoms with Crippen LogP contribution in [-0.4, -0.2) is 52.9 Å². The van der Waals surface area contributed by atoms with Crippen molar-refractivity contribution >= 4 is 23.4 Å². The van der Waals surface area contributed by atoms with Crippen molar-refractivity contribution < 1.29 is 14.7 Å². The molecule has 142 valence electrons. The van der Waals surface area contributed by atoms with Gasteiger partial charge in [-0.3, -0.25) is 9.59 Å². The molecule has 2 heterocycles. The molecule has 2 aliphatic rings. The van der Waals surface area contributed by atoms with Gasteiger partial charge in [-0.15, -0.1) is 0 Å². The van der Waals surface area contributed by atoms with Gasteiger partial charge in [-0.05, 0) is 36.5 Å². The molecule has 0 aromatic heterocycles. The van der Waals surface area contributed by atoms with Crippen LogP contribution < -0.4 is 0 Å². The number of hydrogen-bond acceptors (Lipinski definition) is 3. The van der Waals surface area contributed by atoms with Gasteiger partial charge in [0.2, 0.25) is 5.91 Å². The molecule has 0 radical (unpaired) electrons. The number of likely N-dealkylation sites (tertiary alicyclic amines) is 2. The van der Waals surface area contributed by atoms with Crippen LogP contribution in [0, 0.1) is 11.3 Å². The highest BCUT2D eigenvalue weighted by Gasteiger charge is 2.45. The predicted molar refractivity (Wildman–Crippen MR) is 101 cm³/mol. The molecule has 5 nitrogen and oxygen atoms in total. The van der Waals surface area contributed by atoms with Crippen molar-refractivity contribution in [2.75, 3.05) is 26.2 Å². The van der Waals surface area contributed by atoms with Crippen molar-refractivity contribution in [1.29, 1.82) is 0 Å². The molecule has 26 heavy (non-hydrogen) atoms. The summed E-state index contributed by atoms with van der Waals surface area (Å²) >= 11 is 5.95. The minimum atomic E-state index is -1.19. The number of piperidine rings is 1. The van der Waals surface area contributed by atoms with E-state index >= 15 is 0 Å². The average molecular weight is 379 g/mol. The van der Waals surface area contributed by atoms with Gasteiger partial charge in [0, 0.05) is 43.0 Å². The summed E-state index contributed by atoms with van der Waals surface area (Å²) in [6, 6.07) is 6.77. The van der Waals surface area contributed by atoms with Crippen LogP contribution in [0.25, 0.3) is 0 Å². The Morgan fingerprint density at radius 2 is 2.00 bits per heavy atom. The van der Waals surface area contributed by atoms with E-state index in [1.165, 1.54) is 0 Å². The number of benzene rings is 1. The molecule has 3 rings (SSSR count). The summed E-state index contributed by atoms with van der Waals surface area (Å²) in [6.07, 6.45) is 1.01. The van der Waals surface area contributed by atoms with Crippen molar-refractivity contribution in [2.24, 2.45) is 11.3 Å². The molecule has 0 unspecified atom stereocenters. The molecule has 1 N–H and O–H groups in total. The van der Waals surface area contributed by atoms with Gasteiger partial charge in [0.1, 0.15) is 0 Å². The maximum absolute atomic E-state index is 12.6. The predicted octanol–water partition coefficient (Wildman–Crippen LogP) is 2.87. The summed E-state index contributed by atoms with van der Waals surface area (Å²) < 4.78 is 0. The van der Waals surface area contributed by atoms with E-state index in [4.69, 9.17) is 11.6 Å². The van der Waals surface area contributed by atoms with Crippen LogP contribution in [0.1, 0.15) is 44.8 Å². The first-order chi connectivity index (χ1) is 12.3. The summed E-state index contributed by atoms with van der Waals surface area (Å²) in [5.41, 5.74) is 0.506. The molecule has 1 aromatic rings. The Bertz CT molecular complexity index is 683. The summed E-state index contributed by atoms with van der Waals surface area (Å²) in [7, 11) is 0. The Kier molecular flexibility index (Phi) is 5.58. The third-order valence-electron chi connectivity index (χ3n) is 5.52. The van der Waals surface area contributed by atoms with E-state index < -0.39 is 6.10 Å². The van der Waals surface area contributed by atoms with Crippen molar-refractivity contribution in [3.05, 3.63) is 34.9 Å². The van der Waals surface area contributed by atoms with E-state index in [1.54, 1.807) is 29.2 Å². The molecular weight excluding hydrogens is 352 g/mol. The number of carbonyl (C=O) groups excluding carboxylic acids is 2. The first kappa shape index (κ1) is 19.2. The maximum atomic E-state index is 12.6. The van der Waals surface area contributed by atoms with Gasteiger partial charge in [-0.25, -0.2) is 0 Å². The monoisotopic (exact) mass is 378 g/mol. The van der Waals surface area contributed by atoms with Crippen LogP contribution in [0.5, 0.6) is 0 Å². The molecule has 2 fully saturated rings. The third-order valence-corrected chi connectivity index (χ3v) is 5.76. The lowest BCUT2D eigenvalue weighted by Gasteiger charge is -2.39. The second-order valence-corrected chi connectivity index (χ2v) is 8.56. The zero-order valence-electron chi connectivity index (χ0n) is 15.4. The molecule has 2 aliphatic heterocycles. The highest BCUT2D eigenvalue weighted by atomic mass is 35.5. The van der Waals surface area contributed by atoms with E-state index in [1.807, 2.05) is 4.90 Å². The standard InChI is InChI=1S/C20H27ClN2O3/c1-14(2)12-23-13-20(11-17(23)24)6-8-22(9-7-20)19(26)18(25)15-4-3-5-16(21)10-15/h3-5,10,14,18,25H,6-9,11-13H2,1-2H3/t18-/m1/s1. The van der Waals surface area contributed by atoms with E-state index in [0.717, 1.165) is 25.9 Å². The largest absolute Gasteiger partial charge is 0.378 e. The number of hydrogen-bond donors (Lipinski definition) is 1. The van der Waals surface area contributed by atoms with E-state index in [9.17, 15) is 14.7 Å². The Hall–Kier alpha value is -1.59. The second-order valence-electron chi connectivity index (χ2n) is 8.13. The molecule has 0 bridgehead atoms. The normalized spacial score (nSPS) is 20.9. The van der Waals surface area contributed by atoms with Crippen molar-refractivity contribution in [3.8, 4) is 0 Å². The lowest BCUT2D eigenvalue weighted by atomic mass is 9.77. The summed E-state index contributed by atoms with van der Waals surface area (Å²) in [4.78, 5) is 28.6. The number of rotatable bonds is 4. The molecule has 6 heteroatoms. The number of carbonyl (C=O) groups is 2. The number of aliphatic hydroxyl groups is 1. The van der Waals surface area contributed by atoms with Crippen LogP contribution in [0.3, 0.4) is 0 Å². The van der Waals surface area contributed by atoms with Gasteiger partial charge in [0.15, 0.2) is 6.10 Å². The van der Waals surface area contributed by atoms with Crippen LogP contribution in [0.2, 0.25) is 5.02 Å². The molecule has 1 atom stereocenters. The second kappa shape index (κ2) is 7.57. The lowest BCUT2D eigenvalue weighted by molar-refractivity contribution is -0.142. The smallest absolute Gasteiger partial charge is 0.256 e. The van der Waals surface area contributed by atoms with Crippen molar-refractivity contribution in [2.45, 2.75) is 39.2 Å². The zero-order chi connectivity index (χ0) is 18.9. The molecule has 1 spiro atoms. The van der Waals surface area contributed by atoms with Crippen molar-refractivity contribution in [1.82, 2.24) is 9.80 Å². The molecule has 0 saturated carbocycles. The van der Waals surface area contributed by atoms with Crippen LogP contribution >= 0.6 is 11.6 Å². The van der Waals surface area contributed by atoms with Gasteiger partial charge < -0.3 is 14.9 Å². The van der Waals surface area contributed by atoms with Gasteiger partial charge in [0.05, 0.1) is 0 Å². The summed E-state index contributed by atoms with van der Waals surface area (Å²) in [5, 5.41) is 10.9. The fourth-order valence-electron chi connectivity index (χ4n) is 4.12. The minimum absolute atomic E-state index is 0.0102. The Morgan fingerprint density at radius 3 is 2.62 bits per heavy atom. The van der Waals surface area contributed by atoms with Crippen LogP contribution in [-0.2, 0) is 9.59 Å². The average Bonchev–Trinajstić information content (AvgIpc) is 2.88. The molecule has 2 saturated heterocycles. The Labute approximate surface area is 159 Å². The van der Waals surface area contributed by atoms with Crippen LogP contribution in [0.15, 0.2) is 24.3 Å². The zero-order valence-corrected chi connectivity index (χ0v) is 16.2. The van der Waals surface area contributed by atoms with Crippen molar-refractivity contribution in [3.63, 3.8) is 0 Å². The molecule has 2 amide bonds. The van der Waals surface area contributed by atoms with E-state index in [2.05, 4.69) is 13.8 Å². The van der Waals surface area contributed by atoms with Gasteiger partial charge >= 0.3 is 0 Å². The molecule has 0 aliphatic carbocycles. The fourth-order valence-corrected chi connectivity index (χ4v) is 4.32. The number of halogens is 1. The Balaban J connectivity index is 1.60. The summed E-state index contributed by atoms with van der Waals surface area (Å²) in [5.74, 6) is 0.409. The lowest BCUT2D eigenvalue weighted by Crippen LogP contribution is -2.46.